The summed E-state index contributed by atoms with van der Waals surface area (Å²) >= 11 is 0. The van der Waals surface area contributed by atoms with Crippen LogP contribution >= 0.6 is 0 Å². The first-order valence-electron chi connectivity index (χ1n) is 11.9. The SMILES string of the molecule is CN(C)CCOCCOC(=O)NCCCCCCN(C)C(=O)OCC1CN2CCN1CC2. The van der Waals surface area contributed by atoms with Gasteiger partial charge in [0.25, 0.3) is 0 Å². The van der Waals surface area contributed by atoms with E-state index in [9.17, 15) is 9.59 Å². The fourth-order valence-electron chi connectivity index (χ4n) is 3.86. The Hall–Kier alpha value is -1.62. The van der Waals surface area contributed by atoms with Gasteiger partial charge < -0.3 is 29.3 Å². The number of carbonyl (C=O) groups excluding carboxylic acids is 2. The minimum absolute atomic E-state index is 0.238. The Labute approximate surface area is 193 Å². The van der Waals surface area contributed by atoms with Gasteiger partial charge in [0.1, 0.15) is 13.2 Å². The normalized spacial score (nSPS) is 22.1. The molecular formula is C22H43N5O5. The smallest absolute Gasteiger partial charge is 0.409 e. The van der Waals surface area contributed by atoms with Gasteiger partial charge in [-0.05, 0) is 26.9 Å². The van der Waals surface area contributed by atoms with Crippen molar-refractivity contribution in [3.63, 3.8) is 0 Å². The number of piperazine rings is 3. The summed E-state index contributed by atoms with van der Waals surface area (Å²) in [4.78, 5) is 32.4. The number of alkyl carbamates (subject to hydrolysis) is 1. The number of unbranched alkanes of at least 4 members (excludes halogenated alkanes) is 3. The molecule has 3 saturated heterocycles. The van der Waals surface area contributed by atoms with Gasteiger partial charge in [-0.25, -0.2) is 9.59 Å². The molecular weight excluding hydrogens is 414 g/mol. The van der Waals surface area contributed by atoms with Crippen molar-refractivity contribution in [2.45, 2.75) is 31.7 Å². The molecule has 2 bridgehead atoms. The van der Waals surface area contributed by atoms with Gasteiger partial charge in [-0.3, -0.25) is 9.80 Å². The molecule has 10 heteroatoms. The molecule has 2 amide bonds. The average molecular weight is 458 g/mol. The number of hydrogen-bond donors (Lipinski definition) is 1. The van der Waals surface area contributed by atoms with E-state index in [1.54, 1.807) is 11.9 Å². The van der Waals surface area contributed by atoms with Crippen LogP contribution in [0.4, 0.5) is 9.59 Å². The van der Waals surface area contributed by atoms with E-state index in [2.05, 4.69) is 15.1 Å². The van der Waals surface area contributed by atoms with Crippen molar-refractivity contribution in [3.8, 4) is 0 Å². The van der Waals surface area contributed by atoms with Crippen LogP contribution in [-0.2, 0) is 14.2 Å². The minimum atomic E-state index is -0.400. The van der Waals surface area contributed by atoms with Crippen LogP contribution < -0.4 is 5.32 Å². The lowest BCUT2D eigenvalue weighted by molar-refractivity contribution is -0.0185. The van der Waals surface area contributed by atoms with E-state index in [-0.39, 0.29) is 12.7 Å². The number of nitrogens with zero attached hydrogens (tertiary/aromatic N) is 4. The van der Waals surface area contributed by atoms with Gasteiger partial charge in [0, 0.05) is 59.4 Å². The zero-order chi connectivity index (χ0) is 23.2. The second-order valence-corrected chi connectivity index (χ2v) is 8.88. The number of nitrogens with one attached hydrogen (secondary N) is 1. The van der Waals surface area contributed by atoms with Crippen LogP contribution in [0.5, 0.6) is 0 Å². The first-order chi connectivity index (χ1) is 15.5. The predicted molar refractivity (Wildman–Crippen MR) is 123 cm³/mol. The first kappa shape index (κ1) is 26.6. The topological polar surface area (TPSA) is 86.8 Å². The molecule has 1 N–H and O–H groups in total. The van der Waals surface area contributed by atoms with E-state index in [0.29, 0.717) is 39.0 Å². The molecule has 0 aliphatic carbocycles. The molecule has 0 radical (unpaired) electrons. The highest BCUT2D eigenvalue weighted by Crippen LogP contribution is 2.16. The number of likely N-dealkylation sites (N-methyl/N-ethyl adjacent to an activating group) is 1. The van der Waals surface area contributed by atoms with E-state index in [1.807, 2.05) is 19.0 Å². The molecule has 3 heterocycles. The third kappa shape index (κ3) is 10.8. The Morgan fingerprint density at radius 3 is 2.34 bits per heavy atom. The van der Waals surface area contributed by atoms with Crippen LogP contribution in [0.15, 0.2) is 0 Å². The van der Waals surface area contributed by atoms with Crippen molar-refractivity contribution in [1.29, 1.82) is 0 Å². The minimum Gasteiger partial charge on any atom is -0.448 e. The molecule has 3 rings (SSSR count). The maximum absolute atomic E-state index is 12.2. The highest BCUT2D eigenvalue weighted by atomic mass is 16.6. The number of rotatable bonds is 15. The lowest BCUT2D eigenvalue weighted by Gasteiger charge is -2.47. The van der Waals surface area contributed by atoms with Crippen molar-refractivity contribution in [2.24, 2.45) is 0 Å². The predicted octanol–water partition coefficient (Wildman–Crippen LogP) is 0.919. The molecule has 1 unspecified atom stereocenters. The van der Waals surface area contributed by atoms with Gasteiger partial charge in [0.15, 0.2) is 0 Å². The third-order valence-corrected chi connectivity index (χ3v) is 5.94. The van der Waals surface area contributed by atoms with Gasteiger partial charge in [-0.2, -0.15) is 0 Å². The first-order valence-corrected chi connectivity index (χ1v) is 11.9. The average Bonchev–Trinajstić information content (AvgIpc) is 2.79. The zero-order valence-electron chi connectivity index (χ0n) is 20.2. The Balaban J connectivity index is 1.38. The number of ether oxygens (including phenoxy) is 3. The summed E-state index contributed by atoms with van der Waals surface area (Å²) in [5.74, 6) is 0. The Bertz CT molecular complexity index is 543. The lowest BCUT2D eigenvalue weighted by atomic mass is 10.1. The molecule has 0 aromatic heterocycles. The molecule has 186 valence electrons. The van der Waals surface area contributed by atoms with Crippen LogP contribution in [0.25, 0.3) is 0 Å². The summed E-state index contributed by atoms with van der Waals surface area (Å²) in [7, 11) is 5.76. The molecule has 3 aliphatic rings. The maximum Gasteiger partial charge on any atom is 0.409 e. The number of carbonyl (C=O) groups is 2. The van der Waals surface area contributed by atoms with Gasteiger partial charge in [0.05, 0.1) is 19.3 Å². The number of hydrogen-bond acceptors (Lipinski definition) is 8. The monoisotopic (exact) mass is 457 g/mol. The van der Waals surface area contributed by atoms with Crippen molar-refractivity contribution < 1.29 is 23.8 Å². The molecule has 10 nitrogen and oxygen atoms in total. The lowest BCUT2D eigenvalue weighted by Crippen LogP contribution is -2.62. The Morgan fingerprint density at radius 2 is 1.66 bits per heavy atom. The van der Waals surface area contributed by atoms with Crippen LogP contribution in [0.2, 0.25) is 0 Å². The number of fused-ring (bicyclic) bond motifs is 3. The van der Waals surface area contributed by atoms with Crippen molar-refractivity contribution in [3.05, 3.63) is 0 Å². The van der Waals surface area contributed by atoms with Gasteiger partial charge in [-0.1, -0.05) is 12.8 Å². The molecule has 0 spiro atoms. The molecule has 0 saturated carbocycles. The summed E-state index contributed by atoms with van der Waals surface area (Å²) < 4.78 is 16.0. The quantitative estimate of drug-likeness (QED) is 0.363. The summed E-state index contributed by atoms with van der Waals surface area (Å²) in [5.41, 5.74) is 0. The van der Waals surface area contributed by atoms with Crippen LogP contribution in [-0.4, -0.2) is 138 Å². The molecule has 3 fully saturated rings. The molecule has 32 heavy (non-hydrogen) atoms. The van der Waals surface area contributed by atoms with E-state index < -0.39 is 6.09 Å². The van der Waals surface area contributed by atoms with E-state index in [4.69, 9.17) is 14.2 Å². The van der Waals surface area contributed by atoms with Crippen LogP contribution in [0, 0.1) is 0 Å². The number of amides is 2. The van der Waals surface area contributed by atoms with Crippen LogP contribution in [0.1, 0.15) is 25.7 Å². The summed E-state index contributed by atoms with van der Waals surface area (Å²) in [6.07, 6.45) is 3.16. The van der Waals surface area contributed by atoms with Gasteiger partial charge >= 0.3 is 12.2 Å². The third-order valence-electron chi connectivity index (χ3n) is 5.94. The zero-order valence-corrected chi connectivity index (χ0v) is 20.2. The van der Waals surface area contributed by atoms with Crippen molar-refractivity contribution >= 4 is 12.2 Å². The summed E-state index contributed by atoms with van der Waals surface area (Å²) in [6.45, 7) is 9.33. The molecule has 0 aromatic carbocycles. The molecule has 3 aliphatic heterocycles. The highest BCUT2D eigenvalue weighted by Gasteiger charge is 2.32. The maximum atomic E-state index is 12.2. The van der Waals surface area contributed by atoms with Crippen molar-refractivity contribution in [1.82, 2.24) is 24.9 Å². The van der Waals surface area contributed by atoms with Crippen LogP contribution in [0.3, 0.4) is 0 Å². The standard InChI is InChI=1S/C22H43N5O5/c1-24(2)14-15-30-16-17-31-21(28)23-8-6-4-5-7-9-25(3)22(29)32-19-20-18-26-10-12-27(20)13-11-26/h20H,4-19H2,1-3H3,(H,23,28). The second-order valence-electron chi connectivity index (χ2n) is 8.88. The van der Waals surface area contributed by atoms with E-state index in [0.717, 1.165) is 65.0 Å². The molecule has 0 aromatic rings. The molecule has 1 atom stereocenters. The fourth-order valence-corrected chi connectivity index (χ4v) is 3.86. The van der Waals surface area contributed by atoms with Gasteiger partial charge in [-0.15, -0.1) is 0 Å². The van der Waals surface area contributed by atoms with Crippen molar-refractivity contribution in [2.75, 3.05) is 99.9 Å². The second kappa shape index (κ2) is 15.3. The largest absolute Gasteiger partial charge is 0.448 e. The Kier molecular flexibility index (Phi) is 12.7. The van der Waals surface area contributed by atoms with E-state index in [1.165, 1.54) is 0 Å². The van der Waals surface area contributed by atoms with E-state index >= 15 is 0 Å². The highest BCUT2D eigenvalue weighted by molar-refractivity contribution is 5.67. The summed E-state index contributed by atoms with van der Waals surface area (Å²) in [6, 6.07) is 0.338. The van der Waals surface area contributed by atoms with Gasteiger partial charge in [0.2, 0.25) is 0 Å². The Morgan fingerprint density at radius 1 is 0.906 bits per heavy atom. The summed E-state index contributed by atoms with van der Waals surface area (Å²) in [5, 5.41) is 2.75. The fraction of sp³-hybridized carbons (Fsp3) is 0.909.